The van der Waals surface area contributed by atoms with Crippen LogP contribution in [0.25, 0.3) is 10.9 Å². The van der Waals surface area contributed by atoms with Crippen LogP contribution in [0.15, 0.2) is 30.5 Å². The van der Waals surface area contributed by atoms with Gasteiger partial charge in [0.1, 0.15) is 0 Å². The summed E-state index contributed by atoms with van der Waals surface area (Å²) in [6.07, 6.45) is 4.18. The van der Waals surface area contributed by atoms with Crippen LogP contribution < -0.4 is 5.73 Å². The lowest BCUT2D eigenvalue weighted by Gasteiger charge is -2.19. The van der Waals surface area contributed by atoms with Crippen molar-refractivity contribution >= 4 is 10.9 Å². The first-order chi connectivity index (χ1) is 9.90. The zero-order chi connectivity index (χ0) is 15.5. The van der Waals surface area contributed by atoms with Crippen LogP contribution in [0.5, 0.6) is 0 Å². The van der Waals surface area contributed by atoms with Crippen LogP contribution in [0.1, 0.15) is 39.7 Å². The van der Waals surface area contributed by atoms with Crippen LogP contribution in [0.2, 0.25) is 0 Å². The average Bonchev–Trinajstić information content (AvgIpc) is 2.76. The summed E-state index contributed by atoms with van der Waals surface area (Å²) in [7, 11) is 0. The third-order valence-corrected chi connectivity index (χ3v) is 3.74. The van der Waals surface area contributed by atoms with Gasteiger partial charge >= 0.3 is 0 Å². The maximum absolute atomic E-state index is 6.13. The monoisotopic (exact) mass is 288 g/mol. The minimum Gasteiger partial charge on any atom is -0.374 e. The van der Waals surface area contributed by atoms with E-state index in [0.29, 0.717) is 0 Å². The fourth-order valence-corrected chi connectivity index (χ4v) is 2.55. The molecule has 0 saturated heterocycles. The summed E-state index contributed by atoms with van der Waals surface area (Å²) in [5.41, 5.74) is 8.66. The average molecular weight is 288 g/mol. The second kappa shape index (κ2) is 6.63. The summed E-state index contributed by atoms with van der Waals surface area (Å²) < 4.78 is 8.14. The predicted octanol–water partition coefficient (Wildman–Crippen LogP) is 3.74. The van der Waals surface area contributed by atoms with Crippen molar-refractivity contribution in [2.75, 3.05) is 6.61 Å². The van der Waals surface area contributed by atoms with Gasteiger partial charge in [0.2, 0.25) is 0 Å². The number of para-hydroxylation sites is 1. The summed E-state index contributed by atoms with van der Waals surface area (Å²) in [5.74, 6) is 0. The van der Waals surface area contributed by atoms with E-state index < -0.39 is 0 Å². The summed E-state index contributed by atoms with van der Waals surface area (Å²) in [5, 5.41) is 1.32. The van der Waals surface area contributed by atoms with Crippen molar-refractivity contribution in [3.05, 3.63) is 36.0 Å². The number of hydrogen-bond donors (Lipinski definition) is 1. The highest BCUT2D eigenvalue weighted by atomic mass is 16.5. The number of nitrogens with two attached hydrogens (primary N) is 1. The van der Waals surface area contributed by atoms with Gasteiger partial charge in [-0.15, -0.1) is 0 Å². The Bertz CT molecular complexity index is 580. The summed E-state index contributed by atoms with van der Waals surface area (Å²) in [6.45, 7) is 10.0. The SMILES string of the molecule is CCC(N)Cc1cn(CCOC(C)(C)C)c2ccccc12. The molecule has 116 valence electrons. The summed E-state index contributed by atoms with van der Waals surface area (Å²) in [4.78, 5) is 0. The lowest BCUT2D eigenvalue weighted by atomic mass is 10.0. The number of aromatic nitrogens is 1. The minimum atomic E-state index is -0.0870. The Labute approximate surface area is 128 Å². The molecule has 0 aliphatic heterocycles. The van der Waals surface area contributed by atoms with Crippen molar-refractivity contribution in [3.8, 4) is 0 Å². The van der Waals surface area contributed by atoms with Gasteiger partial charge in [0.05, 0.1) is 12.2 Å². The number of fused-ring (bicyclic) bond motifs is 1. The van der Waals surface area contributed by atoms with Crippen molar-refractivity contribution in [3.63, 3.8) is 0 Å². The third-order valence-electron chi connectivity index (χ3n) is 3.74. The molecule has 0 fully saturated rings. The van der Waals surface area contributed by atoms with Crippen LogP contribution >= 0.6 is 0 Å². The molecule has 0 radical (unpaired) electrons. The van der Waals surface area contributed by atoms with E-state index in [2.05, 4.69) is 62.7 Å². The fraction of sp³-hybridized carbons (Fsp3) is 0.556. The molecule has 1 unspecified atom stereocenters. The van der Waals surface area contributed by atoms with Crippen LogP contribution in [0.3, 0.4) is 0 Å². The molecular weight excluding hydrogens is 260 g/mol. The lowest BCUT2D eigenvalue weighted by Crippen LogP contribution is -2.22. The molecule has 3 nitrogen and oxygen atoms in total. The van der Waals surface area contributed by atoms with Gasteiger partial charge in [-0.05, 0) is 45.2 Å². The van der Waals surface area contributed by atoms with Crippen molar-refractivity contribution in [2.45, 2.75) is 58.7 Å². The zero-order valence-corrected chi connectivity index (χ0v) is 13.7. The smallest absolute Gasteiger partial charge is 0.0652 e. The summed E-state index contributed by atoms with van der Waals surface area (Å²) in [6, 6.07) is 8.78. The molecule has 0 amide bonds. The van der Waals surface area contributed by atoms with Gasteiger partial charge in [-0.2, -0.15) is 0 Å². The molecular formula is C18H28N2O. The van der Waals surface area contributed by atoms with Gasteiger partial charge in [-0.3, -0.25) is 0 Å². The molecule has 21 heavy (non-hydrogen) atoms. The third kappa shape index (κ3) is 4.32. The molecule has 0 spiro atoms. The molecule has 3 heteroatoms. The molecule has 0 bridgehead atoms. The van der Waals surface area contributed by atoms with E-state index in [9.17, 15) is 0 Å². The van der Waals surface area contributed by atoms with Crippen molar-refractivity contribution < 1.29 is 4.74 Å². The molecule has 1 aromatic carbocycles. The van der Waals surface area contributed by atoms with Gasteiger partial charge < -0.3 is 15.0 Å². The lowest BCUT2D eigenvalue weighted by molar-refractivity contribution is -0.00645. The Balaban J connectivity index is 2.19. The summed E-state index contributed by atoms with van der Waals surface area (Å²) >= 11 is 0. The Kier molecular flexibility index (Phi) is 5.07. The second-order valence-electron chi connectivity index (χ2n) is 6.70. The van der Waals surface area contributed by atoms with Crippen molar-refractivity contribution in [2.24, 2.45) is 5.73 Å². The molecule has 2 rings (SSSR count). The van der Waals surface area contributed by atoms with Gasteiger partial charge in [-0.1, -0.05) is 25.1 Å². The Morgan fingerprint density at radius 1 is 1.24 bits per heavy atom. The molecule has 0 aliphatic carbocycles. The van der Waals surface area contributed by atoms with E-state index >= 15 is 0 Å². The molecule has 1 atom stereocenters. The first-order valence-electron chi connectivity index (χ1n) is 7.87. The minimum absolute atomic E-state index is 0.0870. The van der Waals surface area contributed by atoms with E-state index in [1.807, 2.05) is 0 Å². The fourth-order valence-electron chi connectivity index (χ4n) is 2.55. The molecule has 1 heterocycles. The molecule has 1 aromatic heterocycles. The maximum Gasteiger partial charge on any atom is 0.0652 e. The molecule has 2 aromatic rings. The highest BCUT2D eigenvalue weighted by Gasteiger charge is 2.13. The second-order valence-corrected chi connectivity index (χ2v) is 6.70. The molecule has 0 saturated carbocycles. The normalized spacial score (nSPS) is 13.8. The number of benzene rings is 1. The first-order valence-corrected chi connectivity index (χ1v) is 7.87. The van der Waals surface area contributed by atoms with Crippen LogP contribution in [0, 0.1) is 0 Å². The number of rotatable bonds is 6. The van der Waals surface area contributed by atoms with E-state index in [-0.39, 0.29) is 11.6 Å². The molecule has 2 N–H and O–H groups in total. The van der Waals surface area contributed by atoms with Crippen LogP contribution in [-0.2, 0) is 17.7 Å². The largest absolute Gasteiger partial charge is 0.374 e. The first kappa shape index (κ1) is 16.1. The maximum atomic E-state index is 6.13. The number of nitrogens with zero attached hydrogens (tertiary/aromatic N) is 1. The van der Waals surface area contributed by atoms with Gasteiger partial charge in [0.15, 0.2) is 0 Å². The highest BCUT2D eigenvalue weighted by molar-refractivity contribution is 5.84. The Morgan fingerprint density at radius 3 is 2.62 bits per heavy atom. The Morgan fingerprint density at radius 2 is 1.95 bits per heavy atom. The van der Waals surface area contributed by atoms with Crippen LogP contribution in [-0.4, -0.2) is 22.8 Å². The molecule has 0 aliphatic rings. The van der Waals surface area contributed by atoms with Crippen molar-refractivity contribution in [1.29, 1.82) is 0 Å². The zero-order valence-electron chi connectivity index (χ0n) is 13.7. The number of hydrogen-bond acceptors (Lipinski definition) is 2. The van der Waals surface area contributed by atoms with E-state index in [0.717, 1.165) is 26.0 Å². The Hall–Kier alpha value is -1.32. The highest BCUT2D eigenvalue weighted by Crippen LogP contribution is 2.23. The quantitative estimate of drug-likeness (QED) is 0.879. The van der Waals surface area contributed by atoms with Crippen LogP contribution in [0.4, 0.5) is 0 Å². The number of ether oxygens (including phenoxy) is 1. The van der Waals surface area contributed by atoms with E-state index in [4.69, 9.17) is 10.5 Å². The van der Waals surface area contributed by atoms with Crippen molar-refractivity contribution in [1.82, 2.24) is 4.57 Å². The van der Waals surface area contributed by atoms with Gasteiger partial charge in [0, 0.05) is 29.7 Å². The predicted molar refractivity (Wildman–Crippen MR) is 89.6 cm³/mol. The van der Waals surface area contributed by atoms with Gasteiger partial charge in [0.25, 0.3) is 0 Å². The van der Waals surface area contributed by atoms with Gasteiger partial charge in [-0.25, -0.2) is 0 Å². The topological polar surface area (TPSA) is 40.2 Å². The van der Waals surface area contributed by atoms with E-state index in [1.54, 1.807) is 0 Å². The van der Waals surface area contributed by atoms with E-state index in [1.165, 1.54) is 16.5 Å². The standard InChI is InChI=1S/C18H28N2O/c1-5-15(19)12-14-13-20(10-11-21-18(2,3)4)17-9-7-6-8-16(14)17/h6-9,13,15H,5,10-12,19H2,1-4H3.